The van der Waals surface area contributed by atoms with Gasteiger partial charge in [0.05, 0.1) is 18.2 Å². The lowest BCUT2D eigenvalue weighted by Crippen LogP contribution is -2.54. The van der Waals surface area contributed by atoms with Crippen LogP contribution in [0.2, 0.25) is 0 Å². The third-order valence-corrected chi connectivity index (χ3v) is 5.60. The molecule has 0 radical (unpaired) electrons. The van der Waals surface area contributed by atoms with Gasteiger partial charge in [0.2, 0.25) is 0 Å². The number of nitrogens with zero attached hydrogens (tertiary/aromatic N) is 6. The van der Waals surface area contributed by atoms with E-state index in [1.807, 2.05) is 18.2 Å². The second-order valence-electron chi connectivity index (χ2n) is 8.03. The first kappa shape index (κ1) is 20.1. The van der Waals surface area contributed by atoms with Crippen LogP contribution >= 0.6 is 0 Å². The molecule has 1 aliphatic heterocycles. The van der Waals surface area contributed by atoms with E-state index in [-0.39, 0.29) is 11.9 Å². The molecule has 0 saturated carbocycles. The van der Waals surface area contributed by atoms with Crippen molar-refractivity contribution in [1.82, 2.24) is 29.9 Å². The summed E-state index contributed by atoms with van der Waals surface area (Å²) in [4.78, 5) is 28.6. The van der Waals surface area contributed by atoms with Crippen molar-refractivity contribution < 1.29 is 9.53 Å². The fourth-order valence-electron chi connectivity index (χ4n) is 4.31. The van der Waals surface area contributed by atoms with Crippen molar-refractivity contribution in [1.29, 1.82) is 0 Å². The highest BCUT2D eigenvalue weighted by Gasteiger charge is 2.25. The Morgan fingerprint density at radius 3 is 2.78 bits per heavy atom. The van der Waals surface area contributed by atoms with Crippen molar-refractivity contribution in [2.45, 2.75) is 25.9 Å². The summed E-state index contributed by atoms with van der Waals surface area (Å²) in [5.74, 6) is 0.115. The predicted octanol–water partition coefficient (Wildman–Crippen LogP) is 2.12. The van der Waals surface area contributed by atoms with E-state index < -0.39 is 0 Å². The molecule has 4 heterocycles. The molecule has 0 bridgehead atoms. The minimum absolute atomic E-state index is 0.210. The van der Waals surface area contributed by atoms with Crippen LogP contribution in [0.5, 0.6) is 6.01 Å². The number of carbonyl (C=O) groups is 1. The van der Waals surface area contributed by atoms with Crippen LogP contribution in [0, 0.1) is 0 Å². The summed E-state index contributed by atoms with van der Waals surface area (Å²) < 4.78 is 6.90. The lowest BCUT2D eigenvalue weighted by molar-refractivity contribution is 0.102. The highest BCUT2D eigenvalue weighted by atomic mass is 16.5. The Labute approximate surface area is 184 Å². The van der Waals surface area contributed by atoms with Gasteiger partial charge in [-0.1, -0.05) is 0 Å². The van der Waals surface area contributed by atoms with Gasteiger partial charge in [0.1, 0.15) is 11.8 Å². The van der Waals surface area contributed by atoms with Gasteiger partial charge in [-0.25, -0.2) is 14.5 Å². The standard InChI is InChI=1S/C22H24N8O2/c1-13-10-29(11-14(2)26-13)17-7-6-15(19-16(17)9-23-22(27-19)32-3)21(31)28-20-18-5-4-8-30(18)25-12-24-20/h4-9,12-14,26H,10-11H2,1-3H3,(H,24,25,28,31)/t13-,14-/m0/s1. The fourth-order valence-corrected chi connectivity index (χ4v) is 4.31. The molecule has 0 spiro atoms. The minimum Gasteiger partial charge on any atom is -0.467 e. The Morgan fingerprint density at radius 2 is 2.00 bits per heavy atom. The lowest BCUT2D eigenvalue weighted by Gasteiger charge is -2.38. The molecule has 4 aromatic rings. The second kappa shape index (κ2) is 8.04. The topological polar surface area (TPSA) is 110 Å². The van der Waals surface area contributed by atoms with Gasteiger partial charge in [-0.05, 0) is 38.1 Å². The average molecular weight is 432 g/mol. The van der Waals surface area contributed by atoms with Crippen LogP contribution in [-0.4, -0.2) is 62.8 Å². The minimum atomic E-state index is -0.314. The molecule has 1 saturated heterocycles. The van der Waals surface area contributed by atoms with Gasteiger partial charge >= 0.3 is 6.01 Å². The van der Waals surface area contributed by atoms with Gasteiger partial charge in [-0.15, -0.1) is 0 Å². The molecular weight excluding hydrogens is 408 g/mol. The van der Waals surface area contributed by atoms with Crippen LogP contribution in [0.15, 0.2) is 43.0 Å². The maximum atomic E-state index is 13.3. The number of rotatable bonds is 4. The fraction of sp³-hybridized carbons (Fsp3) is 0.318. The van der Waals surface area contributed by atoms with E-state index in [2.05, 4.69) is 49.4 Å². The Morgan fingerprint density at radius 1 is 1.19 bits per heavy atom. The first-order chi connectivity index (χ1) is 15.5. The number of hydrogen-bond donors (Lipinski definition) is 2. The van der Waals surface area contributed by atoms with Crippen molar-refractivity contribution in [3.8, 4) is 6.01 Å². The van der Waals surface area contributed by atoms with Gasteiger partial charge in [-0.3, -0.25) is 4.79 Å². The zero-order valence-electron chi connectivity index (χ0n) is 18.1. The number of fused-ring (bicyclic) bond motifs is 2. The zero-order chi connectivity index (χ0) is 22.2. The molecule has 5 rings (SSSR count). The highest BCUT2D eigenvalue weighted by molar-refractivity contribution is 6.14. The summed E-state index contributed by atoms with van der Waals surface area (Å²) in [5, 5.41) is 11.4. The number of anilines is 2. The number of amides is 1. The van der Waals surface area contributed by atoms with Crippen molar-refractivity contribution in [2.75, 3.05) is 30.4 Å². The average Bonchev–Trinajstić information content (AvgIpc) is 3.27. The molecule has 1 aliphatic rings. The quantitative estimate of drug-likeness (QED) is 0.505. The van der Waals surface area contributed by atoms with E-state index in [9.17, 15) is 4.79 Å². The Kier molecular flexibility index (Phi) is 5.06. The monoisotopic (exact) mass is 432 g/mol. The molecule has 10 heteroatoms. The number of hydrogen-bond acceptors (Lipinski definition) is 8. The summed E-state index contributed by atoms with van der Waals surface area (Å²) in [7, 11) is 1.51. The molecule has 1 amide bonds. The van der Waals surface area contributed by atoms with Crippen LogP contribution in [0.3, 0.4) is 0 Å². The maximum absolute atomic E-state index is 13.3. The molecular formula is C22H24N8O2. The van der Waals surface area contributed by atoms with E-state index >= 15 is 0 Å². The third kappa shape index (κ3) is 3.58. The molecule has 10 nitrogen and oxygen atoms in total. The third-order valence-electron chi connectivity index (χ3n) is 5.60. The van der Waals surface area contributed by atoms with Gasteiger partial charge in [-0.2, -0.15) is 10.1 Å². The van der Waals surface area contributed by atoms with Gasteiger partial charge in [0.25, 0.3) is 5.91 Å². The molecule has 164 valence electrons. The van der Waals surface area contributed by atoms with Gasteiger partial charge in [0.15, 0.2) is 5.82 Å². The van der Waals surface area contributed by atoms with E-state index in [4.69, 9.17) is 4.74 Å². The summed E-state index contributed by atoms with van der Waals surface area (Å²) in [6.45, 7) is 6.03. The Hall–Kier alpha value is -3.79. The molecule has 1 fully saturated rings. The summed E-state index contributed by atoms with van der Waals surface area (Å²) in [6.07, 6.45) is 4.92. The first-order valence-corrected chi connectivity index (χ1v) is 10.5. The van der Waals surface area contributed by atoms with Gasteiger partial charge in [0, 0.05) is 48.6 Å². The molecule has 2 atom stereocenters. The van der Waals surface area contributed by atoms with E-state index in [1.54, 1.807) is 23.0 Å². The van der Waals surface area contributed by atoms with Crippen molar-refractivity contribution >= 4 is 33.8 Å². The van der Waals surface area contributed by atoms with Crippen LogP contribution < -0.4 is 20.3 Å². The number of methoxy groups -OCH3 is 1. The number of ether oxygens (including phenoxy) is 1. The van der Waals surface area contributed by atoms with Crippen LogP contribution in [0.25, 0.3) is 16.4 Å². The smallest absolute Gasteiger partial charge is 0.316 e. The first-order valence-electron chi connectivity index (χ1n) is 10.5. The lowest BCUT2D eigenvalue weighted by atomic mass is 10.0. The normalized spacial score (nSPS) is 18.8. The van der Waals surface area contributed by atoms with Gasteiger partial charge < -0.3 is 20.3 Å². The van der Waals surface area contributed by atoms with Crippen LogP contribution in [0.1, 0.15) is 24.2 Å². The Balaban J connectivity index is 1.57. The highest BCUT2D eigenvalue weighted by Crippen LogP contribution is 2.31. The zero-order valence-corrected chi connectivity index (χ0v) is 18.1. The van der Waals surface area contributed by atoms with Crippen molar-refractivity contribution in [3.05, 3.63) is 48.5 Å². The second-order valence-corrected chi connectivity index (χ2v) is 8.03. The molecule has 0 unspecified atom stereocenters. The molecule has 2 N–H and O–H groups in total. The summed E-state index contributed by atoms with van der Waals surface area (Å²) in [6, 6.07) is 8.35. The molecule has 0 aliphatic carbocycles. The largest absolute Gasteiger partial charge is 0.467 e. The number of carbonyl (C=O) groups excluding carboxylic acids is 1. The molecule has 32 heavy (non-hydrogen) atoms. The number of aromatic nitrogens is 5. The van der Waals surface area contributed by atoms with Crippen molar-refractivity contribution in [2.24, 2.45) is 0 Å². The van der Waals surface area contributed by atoms with E-state index in [0.717, 1.165) is 24.2 Å². The van der Waals surface area contributed by atoms with Crippen molar-refractivity contribution in [3.63, 3.8) is 0 Å². The van der Waals surface area contributed by atoms with E-state index in [1.165, 1.54) is 13.4 Å². The summed E-state index contributed by atoms with van der Waals surface area (Å²) >= 11 is 0. The van der Waals surface area contributed by atoms with Crippen LogP contribution in [-0.2, 0) is 0 Å². The van der Waals surface area contributed by atoms with Crippen LogP contribution in [0.4, 0.5) is 11.5 Å². The predicted molar refractivity (Wildman–Crippen MR) is 121 cm³/mol. The molecule has 3 aromatic heterocycles. The number of benzene rings is 1. The number of nitrogens with one attached hydrogen (secondary N) is 2. The SMILES string of the molecule is COc1ncc2c(N3C[C@H](C)N[C@@H](C)C3)ccc(C(=O)Nc3ncnn4cccc34)c2n1. The summed E-state index contributed by atoms with van der Waals surface area (Å²) in [5.41, 5.74) is 2.66. The number of piperazine rings is 1. The Bertz CT molecular complexity index is 1290. The maximum Gasteiger partial charge on any atom is 0.316 e. The molecule has 1 aromatic carbocycles. The van der Waals surface area contributed by atoms with E-state index in [0.29, 0.717) is 34.5 Å².